The molecule has 2 aromatic rings. The summed E-state index contributed by atoms with van der Waals surface area (Å²) >= 11 is 0. The minimum atomic E-state index is -0.724. The molecule has 0 bridgehead atoms. The number of benzene rings is 2. The van der Waals surface area contributed by atoms with Gasteiger partial charge in [0.05, 0.1) is 13.7 Å². The van der Waals surface area contributed by atoms with Crippen molar-refractivity contribution in [3.63, 3.8) is 0 Å². The molecule has 1 atom stereocenters. The van der Waals surface area contributed by atoms with Crippen LogP contribution in [0.4, 0.5) is 4.79 Å². The lowest BCUT2D eigenvalue weighted by Crippen LogP contribution is -2.32. The van der Waals surface area contributed by atoms with Crippen molar-refractivity contribution in [3.8, 4) is 17.2 Å². The van der Waals surface area contributed by atoms with Crippen molar-refractivity contribution in [1.82, 2.24) is 15.5 Å². The van der Waals surface area contributed by atoms with E-state index in [-0.39, 0.29) is 38.0 Å². The lowest BCUT2D eigenvalue weighted by Gasteiger charge is -2.13. The molecule has 4 amide bonds. The molecule has 2 N–H and O–H groups in total. The summed E-state index contributed by atoms with van der Waals surface area (Å²) in [6.07, 6.45) is 0.337. The second-order valence-electron chi connectivity index (χ2n) is 7.24. The summed E-state index contributed by atoms with van der Waals surface area (Å²) in [6, 6.07) is 11.5. The van der Waals surface area contributed by atoms with E-state index in [0.29, 0.717) is 23.8 Å². The Labute approximate surface area is 179 Å². The first kappa shape index (κ1) is 20.5. The number of imide groups is 1. The van der Waals surface area contributed by atoms with Crippen LogP contribution in [0.3, 0.4) is 0 Å². The number of amides is 4. The Kier molecular flexibility index (Phi) is 5.92. The molecule has 0 saturated carbocycles. The van der Waals surface area contributed by atoms with Crippen molar-refractivity contribution in [2.24, 2.45) is 0 Å². The number of hydrogen-bond donors (Lipinski definition) is 2. The van der Waals surface area contributed by atoms with Crippen LogP contribution in [0.5, 0.6) is 17.2 Å². The number of para-hydroxylation sites is 1. The number of fused-ring (bicyclic) bond motifs is 1. The fourth-order valence-corrected chi connectivity index (χ4v) is 3.55. The Balaban J connectivity index is 1.28. The maximum atomic E-state index is 12.7. The van der Waals surface area contributed by atoms with Gasteiger partial charge in [-0.25, -0.2) is 4.79 Å². The van der Waals surface area contributed by atoms with Crippen LogP contribution in [-0.4, -0.2) is 42.7 Å². The predicted molar refractivity (Wildman–Crippen MR) is 110 cm³/mol. The third-order valence-corrected chi connectivity index (χ3v) is 5.21. The molecule has 31 heavy (non-hydrogen) atoms. The van der Waals surface area contributed by atoms with Gasteiger partial charge >= 0.3 is 6.03 Å². The number of urea groups is 1. The average Bonchev–Trinajstić information content (AvgIpc) is 3.35. The fraction of sp³-hybridized carbons (Fsp3) is 0.318. The van der Waals surface area contributed by atoms with E-state index in [1.165, 1.54) is 0 Å². The van der Waals surface area contributed by atoms with Gasteiger partial charge in [0.25, 0.3) is 5.91 Å². The summed E-state index contributed by atoms with van der Waals surface area (Å²) in [5, 5.41) is 5.47. The Morgan fingerprint density at radius 2 is 2.00 bits per heavy atom. The molecule has 9 nitrogen and oxygen atoms in total. The quantitative estimate of drug-likeness (QED) is 0.626. The number of carbonyl (C=O) groups excluding carboxylic acids is 3. The lowest BCUT2D eigenvalue weighted by atomic mass is 10.1. The van der Waals surface area contributed by atoms with Crippen LogP contribution in [-0.2, 0) is 22.7 Å². The SMILES string of the molecule is COc1ccccc1CNC(=O)CC[C@@H]1NC(=O)N(Cc2ccc3c(c2)OCO3)C1=O. The van der Waals surface area contributed by atoms with E-state index < -0.39 is 12.1 Å². The number of nitrogens with zero attached hydrogens (tertiary/aromatic N) is 1. The van der Waals surface area contributed by atoms with E-state index in [4.69, 9.17) is 14.2 Å². The third-order valence-electron chi connectivity index (χ3n) is 5.21. The molecule has 2 aromatic carbocycles. The van der Waals surface area contributed by atoms with Gasteiger partial charge in [0, 0.05) is 18.5 Å². The number of methoxy groups -OCH3 is 1. The third kappa shape index (κ3) is 4.55. The Hall–Kier alpha value is -3.75. The molecule has 0 spiro atoms. The van der Waals surface area contributed by atoms with Crippen LogP contribution < -0.4 is 24.8 Å². The summed E-state index contributed by atoms with van der Waals surface area (Å²) < 4.78 is 15.9. The van der Waals surface area contributed by atoms with Gasteiger partial charge in [-0.15, -0.1) is 0 Å². The van der Waals surface area contributed by atoms with Crippen molar-refractivity contribution in [1.29, 1.82) is 0 Å². The zero-order chi connectivity index (χ0) is 21.8. The van der Waals surface area contributed by atoms with E-state index in [9.17, 15) is 14.4 Å². The van der Waals surface area contributed by atoms with E-state index in [1.807, 2.05) is 24.3 Å². The minimum absolute atomic E-state index is 0.115. The number of rotatable bonds is 8. The maximum Gasteiger partial charge on any atom is 0.325 e. The normalized spacial score (nSPS) is 16.9. The molecular formula is C22H23N3O6. The number of hydrogen-bond acceptors (Lipinski definition) is 6. The highest BCUT2D eigenvalue weighted by Gasteiger charge is 2.38. The molecule has 9 heteroatoms. The molecule has 4 rings (SSSR count). The highest BCUT2D eigenvalue weighted by atomic mass is 16.7. The maximum absolute atomic E-state index is 12.7. The highest BCUT2D eigenvalue weighted by molar-refractivity contribution is 6.04. The topological polar surface area (TPSA) is 106 Å². The van der Waals surface area contributed by atoms with Gasteiger partial charge < -0.3 is 24.8 Å². The van der Waals surface area contributed by atoms with Crippen LogP contribution >= 0.6 is 0 Å². The Bertz CT molecular complexity index is 1010. The number of ether oxygens (including phenoxy) is 3. The Morgan fingerprint density at radius 1 is 1.19 bits per heavy atom. The van der Waals surface area contributed by atoms with E-state index in [1.54, 1.807) is 25.3 Å². The molecule has 0 aromatic heterocycles. The number of carbonyl (C=O) groups is 3. The first-order valence-corrected chi connectivity index (χ1v) is 9.94. The van der Waals surface area contributed by atoms with Crippen LogP contribution in [0.15, 0.2) is 42.5 Å². The average molecular weight is 425 g/mol. The molecule has 2 aliphatic rings. The van der Waals surface area contributed by atoms with Crippen molar-refractivity contribution < 1.29 is 28.6 Å². The van der Waals surface area contributed by atoms with Crippen molar-refractivity contribution >= 4 is 17.8 Å². The van der Waals surface area contributed by atoms with Gasteiger partial charge in [-0.1, -0.05) is 24.3 Å². The van der Waals surface area contributed by atoms with Gasteiger partial charge in [0.1, 0.15) is 11.8 Å². The van der Waals surface area contributed by atoms with Crippen molar-refractivity contribution in [2.75, 3.05) is 13.9 Å². The summed E-state index contributed by atoms with van der Waals surface area (Å²) in [4.78, 5) is 38.3. The van der Waals surface area contributed by atoms with E-state index in [2.05, 4.69) is 10.6 Å². The van der Waals surface area contributed by atoms with Gasteiger partial charge in [-0.2, -0.15) is 0 Å². The minimum Gasteiger partial charge on any atom is -0.496 e. The molecule has 162 valence electrons. The molecule has 0 radical (unpaired) electrons. The zero-order valence-corrected chi connectivity index (χ0v) is 17.1. The van der Waals surface area contributed by atoms with Gasteiger partial charge in [-0.3, -0.25) is 14.5 Å². The van der Waals surface area contributed by atoms with E-state index in [0.717, 1.165) is 16.0 Å². The van der Waals surface area contributed by atoms with Crippen LogP contribution in [0.25, 0.3) is 0 Å². The highest BCUT2D eigenvalue weighted by Crippen LogP contribution is 2.33. The predicted octanol–water partition coefficient (Wildman–Crippen LogP) is 1.94. The first-order valence-electron chi connectivity index (χ1n) is 9.94. The molecule has 1 saturated heterocycles. The fourth-order valence-electron chi connectivity index (χ4n) is 3.55. The largest absolute Gasteiger partial charge is 0.496 e. The second kappa shape index (κ2) is 8.95. The van der Waals surface area contributed by atoms with Gasteiger partial charge in [-0.05, 0) is 30.2 Å². The summed E-state index contributed by atoms with van der Waals surface area (Å²) in [5.74, 6) is 1.37. The summed E-state index contributed by atoms with van der Waals surface area (Å²) in [5.41, 5.74) is 1.61. The molecular weight excluding hydrogens is 402 g/mol. The van der Waals surface area contributed by atoms with Crippen LogP contribution in [0.2, 0.25) is 0 Å². The van der Waals surface area contributed by atoms with Crippen LogP contribution in [0, 0.1) is 0 Å². The molecule has 0 unspecified atom stereocenters. The summed E-state index contributed by atoms with van der Waals surface area (Å²) in [6.45, 7) is 0.602. The standard InChI is InChI=1S/C22H23N3O6/c1-29-17-5-3-2-4-15(17)11-23-20(26)9-7-16-21(27)25(22(28)24-16)12-14-6-8-18-19(10-14)31-13-30-18/h2-6,8,10,16H,7,9,11-13H2,1H3,(H,23,26)(H,24,28)/t16-/m0/s1. The Morgan fingerprint density at radius 3 is 2.84 bits per heavy atom. The van der Waals surface area contributed by atoms with Gasteiger partial charge in [0.2, 0.25) is 12.7 Å². The molecule has 1 fully saturated rings. The summed E-state index contributed by atoms with van der Waals surface area (Å²) in [7, 11) is 1.57. The van der Waals surface area contributed by atoms with Crippen LogP contribution in [0.1, 0.15) is 24.0 Å². The van der Waals surface area contributed by atoms with Crippen molar-refractivity contribution in [2.45, 2.75) is 32.0 Å². The smallest absolute Gasteiger partial charge is 0.325 e. The second-order valence-corrected chi connectivity index (χ2v) is 7.24. The monoisotopic (exact) mass is 425 g/mol. The zero-order valence-electron chi connectivity index (χ0n) is 17.1. The van der Waals surface area contributed by atoms with Gasteiger partial charge in [0.15, 0.2) is 11.5 Å². The van der Waals surface area contributed by atoms with E-state index >= 15 is 0 Å². The lowest BCUT2D eigenvalue weighted by molar-refractivity contribution is -0.128. The first-order chi connectivity index (χ1) is 15.0. The number of nitrogens with one attached hydrogen (secondary N) is 2. The molecule has 2 heterocycles. The molecule has 2 aliphatic heterocycles. The molecule has 0 aliphatic carbocycles. The van der Waals surface area contributed by atoms with Crippen molar-refractivity contribution in [3.05, 3.63) is 53.6 Å².